The molecule has 3 heterocycles. The van der Waals surface area contributed by atoms with Crippen molar-refractivity contribution in [1.82, 2.24) is 14.5 Å². The molecule has 0 atom stereocenters. The number of benzene rings is 8. The second-order valence-electron chi connectivity index (χ2n) is 14.9. The highest BCUT2D eigenvalue weighted by molar-refractivity contribution is 7.25. The Morgan fingerprint density at radius 3 is 1.76 bits per heavy atom. The van der Waals surface area contributed by atoms with Gasteiger partial charge in [-0.2, -0.15) is 0 Å². The molecule has 0 saturated carbocycles. The molecule has 3 aromatic heterocycles. The van der Waals surface area contributed by atoms with Crippen LogP contribution >= 0.6 is 11.3 Å². The molecule has 55 heavy (non-hydrogen) atoms. The van der Waals surface area contributed by atoms with Crippen LogP contribution in [0, 0.1) is 0 Å². The summed E-state index contributed by atoms with van der Waals surface area (Å²) >= 11 is 1.71. The van der Waals surface area contributed by atoms with Crippen LogP contribution in [0.15, 0.2) is 176 Å². The van der Waals surface area contributed by atoms with E-state index in [2.05, 4.69) is 180 Å². The first-order chi connectivity index (χ1) is 27.3. The van der Waals surface area contributed by atoms with E-state index in [0.29, 0.717) is 0 Å². The van der Waals surface area contributed by atoms with Crippen molar-refractivity contribution >= 4 is 64.3 Å². The average Bonchev–Trinajstić information content (AvgIpc) is 3.95. The summed E-state index contributed by atoms with van der Waals surface area (Å²) in [5.41, 5.74) is 15.2. The van der Waals surface area contributed by atoms with Crippen LogP contribution in [0.1, 0.15) is 22.3 Å². The van der Waals surface area contributed by atoms with E-state index in [1.54, 1.807) is 11.3 Å². The highest BCUT2D eigenvalue weighted by Gasteiger charge is 2.51. The zero-order valence-electron chi connectivity index (χ0n) is 29.5. The summed E-state index contributed by atoms with van der Waals surface area (Å²) in [6.45, 7) is 0. The molecular weight excluding hydrogens is 687 g/mol. The van der Waals surface area contributed by atoms with E-state index in [9.17, 15) is 0 Å². The summed E-state index contributed by atoms with van der Waals surface area (Å²) in [7, 11) is 0. The topological polar surface area (TPSA) is 30.7 Å². The van der Waals surface area contributed by atoms with Crippen molar-refractivity contribution in [3.05, 3.63) is 198 Å². The lowest BCUT2D eigenvalue weighted by atomic mass is 9.70. The van der Waals surface area contributed by atoms with Crippen molar-refractivity contribution in [3.63, 3.8) is 0 Å². The van der Waals surface area contributed by atoms with E-state index < -0.39 is 5.41 Å². The van der Waals surface area contributed by atoms with Crippen molar-refractivity contribution in [3.8, 4) is 39.3 Å². The Bertz CT molecular complexity index is 3410. The monoisotopic (exact) mass is 715 g/mol. The SMILES string of the molecule is c1ccc2c(c1)-c1ccccc1C21c2ccccc2-c2cc(-c3nc4c(nc3-n3c5ccccc5c5cc6ccccc6cc53)sc3ccccc34)ccc21. The lowest BCUT2D eigenvalue weighted by Crippen LogP contribution is -2.25. The number of hydrogen-bond donors (Lipinski definition) is 0. The van der Waals surface area contributed by atoms with Crippen LogP contribution in [0.4, 0.5) is 0 Å². The maximum absolute atomic E-state index is 5.63. The average molecular weight is 716 g/mol. The van der Waals surface area contributed by atoms with Gasteiger partial charge in [-0.25, -0.2) is 9.97 Å². The Hall–Kier alpha value is -6.88. The standard InChI is InChI=1S/C51H29N3S/c1-2-14-31-29-45-39(27-30(31)13-1)36-18-6-11-23-44(36)54(45)49-47(52-48-37-19-7-12-24-46(37)55-50(48)53-49)32-25-26-43-38(28-32)35-17-5-10-22-42(35)51(43)40-20-8-3-15-33(40)34-16-4-9-21-41(34)51/h1-29H. The number of para-hydroxylation sites is 1. The van der Waals surface area contributed by atoms with Crippen molar-refractivity contribution < 1.29 is 0 Å². The summed E-state index contributed by atoms with van der Waals surface area (Å²) in [5, 5.41) is 5.98. The van der Waals surface area contributed by atoms with Gasteiger partial charge in [0.2, 0.25) is 0 Å². The molecule has 0 bridgehead atoms. The third-order valence-electron chi connectivity index (χ3n) is 12.2. The van der Waals surface area contributed by atoms with Gasteiger partial charge < -0.3 is 0 Å². The number of rotatable bonds is 2. The quantitative estimate of drug-likeness (QED) is 0.178. The minimum Gasteiger partial charge on any atom is -0.292 e. The molecule has 8 aromatic carbocycles. The fraction of sp³-hybridized carbons (Fsp3) is 0.0196. The summed E-state index contributed by atoms with van der Waals surface area (Å²) in [6, 6.07) is 64.6. The maximum atomic E-state index is 5.63. The highest BCUT2D eigenvalue weighted by Crippen LogP contribution is 2.63. The smallest absolute Gasteiger partial charge is 0.166 e. The Kier molecular flexibility index (Phi) is 5.71. The molecule has 0 N–H and O–H groups in total. The zero-order valence-corrected chi connectivity index (χ0v) is 30.3. The molecule has 13 rings (SSSR count). The molecule has 4 heteroatoms. The molecule has 2 aliphatic carbocycles. The van der Waals surface area contributed by atoms with Crippen LogP contribution in [0.2, 0.25) is 0 Å². The molecule has 0 amide bonds. The van der Waals surface area contributed by atoms with E-state index in [1.807, 2.05) is 0 Å². The van der Waals surface area contributed by atoms with Gasteiger partial charge in [-0.15, -0.1) is 11.3 Å². The Morgan fingerprint density at radius 1 is 0.436 bits per heavy atom. The summed E-state index contributed by atoms with van der Waals surface area (Å²) in [5.74, 6) is 0.845. The van der Waals surface area contributed by atoms with Crippen LogP contribution in [0.3, 0.4) is 0 Å². The first-order valence-corrected chi connectivity index (χ1v) is 19.6. The molecule has 1 spiro atoms. The number of thiophene rings is 1. The minimum absolute atomic E-state index is 0.395. The number of nitrogens with zero attached hydrogens (tertiary/aromatic N) is 3. The van der Waals surface area contributed by atoms with Crippen molar-refractivity contribution in [1.29, 1.82) is 0 Å². The molecule has 0 fully saturated rings. The van der Waals surface area contributed by atoms with Gasteiger partial charge in [0.25, 0.3) is 0 Å². The van der Waals surface area contributed by atoms with Crippen molar-refractivity contribution in [2.45, 2.75) is 5.41 Å². The Labute approximate surface area is 320 Å². The van der Waals surface area contributed by atoms with Crippen molar-refractivity contribution in [2.75, 3.05) is 0 Å². The lowest BCUT2D eigenvalue weighted by molar-refractivity contribution is 0.794. The van der Waals surface area contributed by atoms with Gasteiger partial charge in [-0.05, 0) is 85.6 Å². The molecule has 0 unspecified atom stereocenters. The third-order valence-corrected chi connectivity index (χ3v) is 13.3. The van der Waals surface area contributed by atoms with E-state index in [4.69, 9.17) is 9.97 Å². The number of fused-ring (bicyclic) bond motifs is 17. The van der Waals surface area contributed by atoms with Crippen LogP contribution < -0.4 is 0 Å². The van der Waals surface area contributed by atoms with Crippen LogP contribution in [0.5, 0.6) is 0 Å². The summed E-state index contributed by atoms with van der Waals surface area (Å²) in [4.78, 5) is 12.2. The normalized spacial score (nSPS) is 13.6. The Morgan fingerprint density at radius 2 is 1.02 bits per heavy atom. The fourth-order valence-electron chi connectivity index (χ4n) is 9.99. The summed E-state index contributed by atoms with van der Waals surface area (Å²) in [6.07, 6.45) is 0. The second-order valence-corrected chi connectivity index (χ2v) is 15.9. The van der Waals surface area contributed by atoms with Crippen molar-refractivity contribution in [2.24, 2.45) is 0 Å². The van der Waals surface area contributed by atoms with Gasteiger partial charge in [-0.1, -0.05) is 146 Å². The van der Waals surface area contributed by atoms with Gasteiger partial charge >= 0.3 is 0 Å². The van der Waals surface area contributed by atoms with Crippen LogP contribution in [-0.4, -0.2) is 14.5 Å². The molecule has 254 valence electrons. The van der Waals surface area contributed by atoms with Gasteiger partial charge in [0, 0.05) is 26.4 Å². The van der Waals surface area contributed by atoms with E-state index in [-0.39, 0.29) is 0 Å². The van der Waals surface area contributed by atoms with E-state index in [0.717, 1.165) is 43.8 Å². The van der Waals surface area contributed by atoms with Gasteiger partial charge in [0.15, 0.2) is 5.82 Å². The predicted octanol–water partition coefficient (Wildman–Crippen LogP) is 13.1. The van der Waals surface area contributed by atoms with E-state index >= 15 is 0 Å². The van der Waals surface area contributed by atoms with Crippen LogP contribution in [0.25, 0.3) is 92.3 Å². The fourth-order valence-corrected chi connectivity index (χ4v) is 11.0. The molecule has 11 aromatic rings. The molecule has 0 aliphatic heterocycles. The number of aromatic nitrogens is 3. The van der Waals surface area contributed by atoms with Gasteiger partial charge in [0.05, 0.1) is 16.4 Å². The lowest BCUT2D eigenvalue weighted by Gasteiger charge is -2.30. The molecular formula is C51H29N3S. The van der Waals surface area contributed by atoms with Crippen LogP contribution in [-0.2, 0) is 5.41 Å². The zero-order chi connectivity index (χ0) is 35.8. The Balaban J connectivity index is 1.14. The summed E-state index contributed by atoms with van der Waals surface area (Å²) < 4.78 is 3.55. The molecule has 2 aliphatic rings. The number of hydrogen-bond acceptors (Lipinski definition) is 3. The maximum Gasteiger partial charge on any atom is 0.166 e. The highest BCUT2D eigenvalue weighted by atomic mass is 32.1. The molecule has 0 saturated heterocycles. The molecule has 0 radical (unpaired) electrons. The minimum atomic E-state index is -0.395. The molecule has 3 nitrogen and oxygen atoms in total. The largest absolute Gasteiger partial charge is 0.292 e. The predicted molar refractivity (Wildman–Crippen MR) is 228 cm³/mol. The first-order valence-electron chi connectivity index (χ1n) is 18.8. The van der Waals surface area contributed by atoms with Gasteiger partial charge in [-0.3, -0.25) is 4.57 Å². The van der Waals surface area contributed by atoms with E-state index in [1.165, 1.54) is 70.8 Å². The third kappa shape index (κ3) is 3.74. The first kappa shape index (κ1) is 29.6. The second kappa shape index (κ2) is 10.6. The van der Waals surface area contributed by atoms with Gasteiger partial charge in [0.1, 0.15) is 16.0 Å².